The minimum absolute atomic E-state index is 0.0566. The van der Waals surface area contributed by atoms with E-state index in [1.54, 1.807) is 60.7 Å². The number of nitriles is 1. The molecule has 0 bridgehead atoms. The van der Waals surface area contributed by atoms with Crippen LogP contribution in [0.1, 0.15) is 16.7 Å². The van der Waals surface area contributed by atoms with Crippen LogP contribution in [0.2, 0.25) is 0 Å². The fourth-order valence-electron chi connectivity index (χ4n) is 3.50. The Kier molecular flexibility index (Phi) is 6.48. The molecular formula is C29H17F2NO2. The molecule has 0 spiro atoms. The maximum absolute atomic E-state index is 14.6. The molecule has 164 valence electrons. The zero-order chi connectivity index (χ0) is 24.1. The van der Waals surface area contributed by atoms with Gasteiger partial charge in [0.25, 0.3) is 0 Å². The Bertz CT molecular complexity index is 1330. The average Bonchev–Trinajstić information content (AvgIpc) is 2.84. The normalized spacial score (nSPS) is 10.2. The third kappa shape index (κ3) is 5.01. The third-order valence-corrected chi connectivity index (χ3v) is 5.24. The van der Waals surface area contributed by atoms with Crippen LogP contribution in [0.4, 0.5) is 8.78 Å². The molecule has 0 aliphatic heterocycles. The second kappa shape index (κ2) is 9.81. The Morgan fingerprint density at radius 2 is 1.35 bits per heavy atom. The second-order valence-electron chi connectivity index (χ2n) is 7.52. The van der Waals surface area contributed by atoms with Gasteiger partial charge in [0.1, 0.15) is 17.4 Å². The summed E-state index contributed by atoms with van der Waals surface area (Å²) < 4.78 is 34.5. The highest BCUT2D eigenvalue weighted by atomic mass is 19.1. The van der Waals surface area contributed by atoms with Crippen molar-refractivity contribution in [1.29, 1.82) is 5.26 Å². The largest absolute Gasteiger partial charge is 0.426 e. The first-order valence-corrected chi connectivity index (χ1v) is 10.3. The van der Waals surface area contributed by atoms with Gasteiger partial charge in [-0.3, -0.25) is 4.79 Å². The predicted molar refractivity (Wildman–Crippen MR) is 126 cm³/mol. The molecule has 0 saturated heterocycles. The fourth-order valence-corrected chi connectivity index (χ4v) is 3.50. The molecule has 0 heterocycles. The summed E-state index contributed by atoms with van der Waals surface area (Å²) in [6.07, 6.45) is 5.16. The van der Waals surface area contributed by atoms with Gasteiger partial charge in [0, 0.05) is 22.8 Å². The number of nitrogens with zero attached hydrogens (tertiary/aromatic N) is 1. The molecule has 0 unspecified atom stereocenters. The first kappa shape index (κ1) is 22.5. The number of carbonyl (C=O) groups excluding carboxylic acids is 1. The lowest BCUT2D eigenvalue weighted by molar-refractivity contribution is -0.133. The van der Waals surface area contributed by atoms with E-state index in [9.17, 15) is 13.6 Å². The minimum atomic E-state index is -0.643. The molecule has 4 aromatic rings. The van der Waals surface area contributed by atoms with Gasteiger partial charge in [-0.05, 0) is 59.2 Å². The summed E-state index contributed by atoms with van der Waals surface area (Å²) >= 11 is 0. The molecule has 3 nitrogen and oxygen atoms in total. The Morgan fingerprint density at radius 3 is 1.88 bits per heavy atom. The number of benzene rings is 4. The summed E-state index contributed by atoms with van der Waals surface area (Å²) in [7, 11) is 0. The number of halogens is 2. The highest BCUT2D eigenvalue weighted by Gasteiger charge is 2.13. The van der Waals surface area contributed by atoms with Gasteiger partial charge in [0.2, 0.25) is 0 Å². The number of terminal acetylenes is 1. The summed E-state index contributed by atoms with van der Waals surface area (Å²) in [5.41, 5.74) is 3.57. The molecule has 0 radical (unpaired) electrons. The minimum Gasteiger partial charge on any atom is -0.426 e. The number of ether oxygens (including phenoxy) is 1. The van der Waals surface area contributed by atoms with Crippen molar-refractivity contribution in [1.82, 2.24) is 0 Å². The number of rotatable bonds is 5. The van der Waals surface area contributed by atoms with E-state index in [1.165, 1.54) is 18.2 Å². The van der Waals surface area contributed by atoms with Crippen molar-refractivity contribution in [3.8, 4) is 46.4 Å². The van der Waals surface area contributed by atoms with E-state index in [-0.39, 0.29) is 12.2 Å². The molecule has 0 aliphatic rings. The van der Waals surface area contributed by atoms with Crippen LogP contribution in [0.3, 0.4) is 0 Å². The Balaban J connectivity index is 1.44. The lowest BCUT2D eigenvalue weighted by Gasteiger charge is -2.09. The summed E-state index contributed by atoms with van der Waals surface area (Å²) in [4.78, 5) is 12.3. The first-order valence-electron chi connectivity index (χ1n) is 10.3. The van der Waals surface area contributed by atoms with E-state index in [0.717, 1.165) is 6.07 Å². The van der Waals surface area contributed by atoms with Gasteiger partial charge in [-0.1, -0.05) is 42.3 Å². The number of carbonyl (C=O) groups is 1. The Labute approximate surface area is 195 Å². The molecule has 0 fully saturated rings. The van der Waals surface area contributed by atoms with Crippen molar-refractivity contribution in [2.75, 3.05) is 0 Å². The second-order valence-corrected chi connectivity index (χ2v) is 7.52. The van der Waals surface area contributed by atoms with Crippen LogP contribution < -0.4 is 4.74 Å². The van der Waals surface area contributed by atoms with Gasteiger partial charge in [-0.15, -0.1) is 6.42 Å². The van der Waals surface area contributed by atoms with Crippen LogP contribution in [0.15, 0.2) is 84.9 Å². The Hall–Kier alpha value is -4.74. The summed E-state index contributed by atoms with van der Waals surface area (Å²) in [6.45, 7) is 0. The molecule has 0 aromatic heterocycles. The van der Waals surface area contributed by atoms with Crippen molar-refractivity contribution in [2.45, 2.75) is 6.42 Å². The van der Waals surface area contributed by atoms with E-state index in [4.69, 9.17) is 16.4 Å². The van der Waals surface area contributed by atoms with Crippen molar-refractivity contribution >= 4 is 5.97 Å². The summed E-state index contributed by atoms with van der Waals surface area (Å²) in [5.74, 6) is 0.875. The number of esters is 1. The van der Waals surface area contributed by atoms with Crippen LogP contribution in [0.25, 0.3) is 22.3 Å². The van der Waals surface area contributed by atoms with Crippen LogP contribution in [-0.4, -0.2) is 5.97 Å². The first-order chi connectivity index (χ1) is 16.5. The zero-order valence-corrected chi connectivity index (χ0v) is 17.9. The maximum Gasteiger partial charge on any atom is 0.315 e. The van der Waals surface area contributed by atoms with Crippen molar-refractivity contribution < 1.29 is 18.3 Å². The average molecular weight is 449 g/mol. The van der Waals surface area contributed by atoms with E-state index in [0.29, 0.717) is 38.9 Å². The molecule has 5 heteroatoms. The zero-order valence-electron chi connectivity index (χ0n) is 17.9. The highest BCUT2D eigenvalue weighted by Crippen LogP contribution is 2.27. The maximum atomic E-state index is 14.6. The van der Waals surface area contributed by atoms with Crippen molar-refractivity contribution in [3.05, 3.63) is 113 Å². The van der Waals surface area contributed by atoms with Crippen molar-refractivity contribution in [3.63, 3.8) is 0 Å². The van der Waals surface area contributed by atoms with E-state index in [1.807, 2.05) is 6.07 Å². The smallest absolute Gasteiger partial charge is 0.315 e. The molecule has 0 atom stereocenters. The van der Waals surface area contributed by atoms with Gasteiger partial charge < -0.3 is 4.74 Å². The molecule has 0 saturated carbocycles. The van der Waals surface area contributed by atoms with Gasteiger partial charge in [-0.2, -0.15) is 5.26 Å². The fraction of sp³-hybridized carbons (Fsp3) is 0.0345. The standard InChI is InChI=1S/C29H17F2NO2/c1-2-19-3-8-22(9-4-19)26-14-12-24(17-28(26)31)34-29(33)16-21-7-13-25(27(30)15-21)23-10-5-20(18-32)6-11-23/h1,3-15,17H,16H2. The quantitative estimate of drug-likeness (QED) is 0.204. The molecule has 0 amide bonds. The van der Waals surface area contributed by atoms with Crippen LogP contribution in [-0.2, 0) is 11.2 Å². The van der Waals surface area contributed by atoms with Gasteiger partial charge in [0.15, 0.2) is 0 Å². The SMILES string of the molecule is C#Cc1ccc(-c2ccc(OC(=O)Cc3ccc(-c4ccc(C#N)cc4)c(F)c3)cc2F)cc1. The Morgan fingerprint density at radius 1 is 0.794 bits per heavy atom. The van der Waals surface area contributed by atoms with E-state index in [2.05, 4.69) is 5.92 Å². The van der Waals surface area contributed by atoms with Gasteiger partial charge in [0.05, 0.1) is 18.1 Å². The molecule has 0 N–H and O–H groups in total. The van der Waals surface area contributed by atoms with Crippen LogP contribution >= 0.6 is 0 Å². The number of hydrogen-bond acceptors (Lipinski definition) is 3. The molecule has 4 aromatic carbocycles. The topological polar surface area (TPSA) is 50.1 Å². The van der Waals surface area contributed by atoms with E-state index < -0.39 is 17.6 Å². The van der Waals surface area contributed by atoms with Gasteiger partial charge in [-0.25, -0.2) is 8.78 Å². The third-order valence-electron chi connectivity index (χ3n) is 5.24. The lowest BCUT2D eigenvalue weighted by Crippen LogP contribution is -2.11. The molecule has 4 rings (SSSR count). The van der Waals surface area contributed by atoms with Crippen molar-refractivity contribution in [2.24, 2.45) is 0 Å². The monoisotopic (exact) mass is 449 g/mol. The summed E-state index contributed by atoms with van der Waals surface area (Å²) in [6, 6.07) is 24.0. The lowest BCUT2D eigenvalue weighted by atomic mass is 10.0. The van der Waals surface area contributed by atoms with Gasteiger partial charge >= 0.3 is 5.97 Å². The van der Waals surface area contributed by atoms with Crippen LogP contribution in [0, 0.1) is 35.3 Å². The molecule has 0 aliphatic carbocycles. The molecule has 34 heavy (non-hydrogen) atoms. The summed E-state index contributed by atoms with van der Waals surface area (Å²) in [5, 5.41) is 8.88. The molecular weight excluding hydrogens is 432 g/mol. The predicted octanol–water partition coefficient (Wildman–Crippen LogP) is 6.30. The number of hydrogen-bond donors (Lipinski definition) is 0. The highest BCUT2D eigenvalue weighted by molar-refractivity contribution is 5.76. The van der Waals surface area contributed by atoms with E-state index >= 15 is 0 Å². The van der Waals surface area contributed by atoms with Crippen LogP contribution in [0.5, 0.6) is 5.75 Å².